The lowest BCUT2D eigenvalue weighted by Crippen LogP contribution is -2.37. The van der Waals surface area contributed by atoms with Crippen LogP contribution >= 0.6 is 8.53 Å². The number of methoxy groups -OCH3 is 2. The van der Waals surface area contributed by atoms with Gasteiger partial charge in [0, 0.05) is 31.7 Å². The van der Waals surface area contributed by atoms with Gasteiger partial charge in [-0.05, 0) is 94.3 Å². The van der Waals surface area contributed by atoms with Gasteiger partial charge in [-0.1, -0.05) is 151 Å². The average Bonchev–Trinajstić information content (AvgIpc) is 3.35. The quantitative estimate of drug-likeness (QED) is 0.0325. The van der Waals surface area contributed by atoms with Crippen molar-refractivity contribution >= 4 is 20.3 Å². The predicted molar refractivity (Wildman–Crippen MR) is 278 cm³/mol. The van der Waals surface area contributed by atoms with E-state index in [2.05, 4.69) is 97.6 Å². The highest BCUT2D eigenvalue weighted by Gasteiger charge is 2.37. The number of nitrogens with zero attached hydrogens (tertiary/aromatic N) is 2. The van der Waals surface area contributed by atoms with Crippen LogP contribution in [0, 0.1) is 11.3 Å². The molecule has 3 aromatic carbocycles. The Bertz CT molecular complexity index is 1730. The van der Waals surface area contributed by atoms with Crippen LogP contribution in [0.2, 0.25) is 0 Å². The molecule has 68 heavy (non-hydrogen) atoms. The lowest BCUT2D eigenvalue weighted by Gasteiger charge is -2.36. The Hall–Kier alpha value is -4.04. The molecule has 0 aliphatic heterocycles. The number of carbonyl (C=O) groups excluding carboxylic acids is 2. The number of carbonyl (C=O) groups is 2. The van der Waals surface area contributed by atoms with E-state index in [1.165, 1.54) is 64.2 Å². The smallest absolute Gasteiger partial charge is 0.259 e. The minimum absolute atomic E-state index is 0.0423. The molecule has 2 N–H and O–H groups in total. The maximum atomic E-state index is 12.3. The Balaban J connectivity index is 1.15. The van der Waals surface area contributed by atoms with Crippen molar-refractivity contribution in [1.82, 2.24) is 15.3 Å². The molecule has 3 aromatic rings. The highest BCUT2D eigenvalue weighted by Crippen LogP contribution is 2.46. The van der Waals surface area contributed by atoms with Gasteiger partial charge in [-0.15, -0.1) is 0 Å². The van der Waals surface area contributed by atoms with Crippen LogP contribution in [0.25, 0.3) is 0 Å². The number of amides is 2. The van der Waals surface area contributed by atoms with Crippen molar-refractivity contribution in [2.75, 3.05) is 47.1 Å². The second-order valence-corrected chi connectivity index (χ2v) is 19.8. The van der Waals surface area contributed by atoms with E-state index in [4.69, 9.17) is 28.5 Å². The Labute approximate surface area is 412 Å². The van der Waals surface area contributed by atoms with Crippen LogP contribution in [0.5, 0.6) is 11.5 Å². The number of hydrogen-bond donors (Lipinski definition) is 2. The van der Waals surface area contributed by atoms with Gasteiger partial charge < -0.3 is 33.9 Å². The Morgan fingerprint density at radius 1 is 0.559 bits per heavy atom. The fraction of sp³-hybridized carbons (Fsp3) is 0.625. The van der Waals surface area contributed by atoms with Crippen LogP contribution in [0.1, 0.15) is 179 Å². The summed E-state index contributed by atoms with van der Waals surface area (Å²) in [5, 5.41) is 14.6. The topological polar surface area (TPSA) is 131 Å². The van der Waals surface area contributed by atoms with E-state index >= 15 is 0 Å². The average molecular weight is 959 g/mol. The van der Waals surface area contributed by atoms with Crippen molar-refractivity contribution in [3.63, 3.8) is 0 Å². The van der Waals surface area contributed by atoms with E-state index in [1.807, 2.05) is 30.3 Å². The third-order valence-corrected chi connectivity index (χ3v) is 14.4. The number of rotatable bonds is 40. The van der Waals surface area contributed by atoms with Gasteiger partial charge in [0.1, 0.15) is 17.1 Å². The van der Waals surface area contributed by atoms with Gasteiger partial charge >= 0.3 is 0 Å². The van der Waals surface area contributed by atoms with E-state index in [0.717, 1.165) is 86.0 Å². The maximum Gasteiger partial charge on any atom is 0.259 e. The molecule has 0 heterocycles. The zero-order valence-corrected chi connectivity index (χ0v) is 43.6. The minimum Gasteiger partial charge on any atom is -0.497 e. The molecule has 0 spiro atoms. The SMILES string of the molecule is COc1ccc(C(OCCCCCCCCCCCCNC(=O)CNC(=O)CCCCCCCCCCCOP(OCCC#N)N(C(C)C)C(C)C)(c2ccccc2)c2ccc(OC)cc2)cc1. The molecule has 0 aromatic heterocycles. The molecule has 0 aliphatic carbocycles. The molecule has 11 nitrogen and oxygen atoms in total. The molecule has 0 radical (unpaired) electrons. The first-order chi connectivity index (χ1) is 33.2. The summed E-state index contributed by atoms with van der Waals surface area (Å²) in [6, 6.07) is 29.6. The molecule has 1 unspecified atom stereocenters. The minimum atomic E-state index is -1.16. The monoisotopic (exact) mass is 959 g/mol. The van der Waals surface area contributed by atoms with Gasteiger partial charge in [-0.2, -0.15) is 5.26 Å². The molecule has 378 valence electrons. The summed E-state index contributed by atoms with van der Waals surface area (Å²) in [5.41, 5.74) is 2.42. The fourth-order valence-corrected chi connectivity index (χ4v) is 10.2. The van der Waals surface area contributed by atoms with Gasteiger partial charge in [0.2, 0.25) is 11.8 Å². The van der Waals surface area contributed by atoms with E-state index in [1.54, 1.807) is 14.2 Å². The summed E-state index contributed by atoms with van der Waals surface area (Å²) in [5.74, 6) is 1.47. The summed E-state index contributed by atoms with van der Waals surface area (Å²) < 4.78 is 32.4. The highest BCUT2D eigenvalue weighted by atomic mass is 31.2. The molecule has 12 heteroatoms. The van der Waals surface area contributed by atoms with Crippen molar-refractivity contribution in [1.29, 1.82) is 5.26 Å². The van der Waals surface area contributed by atoms with E-state index < -0.39 is 14.1 Å². The zero-order chi connectivity index (χ0) is 49.1. The van der Waals surface area contributed by atoms with Gasteiger partial charge in [0.15, 0.2) is 0 Å². The van der Waals surface area contributed by atoms with Crippen molar-refractivity contribution in [3.05, 3.63) is 95.6 Å². The molecule has 2 amide bonds. The van der Waals surface area contributed by atoms with Crippen molar-refractivity contribution < 1.29 is 32.8 Å². The van der Waals surface area contributed by atoms with E-state index in [0.29, 0.717) is 51.3 Å². The largest absolute Gasteiger partial charge is 0.497 e. The van der Waals surface area contributed by atoms with E-state index in [-0.39, 0.29) is 18.4 Å². The summed E-state index contributed by atoms with van der Waals surface area (Å²) in [7, 11) is 2.22. The summed E-state index contributed by atoms with van der Waals surface area (Å²) in [6.45, 7) is 11.1. The van der Waals surface area contributed by atoms with Crippen LogP contribution in [0.15, 0.2) is 78.9 Å². The number of unbranched alkanes of at least 4 members (excludes halogenated alkanes) is 17. The van der Waals surface area contributed by atoms with Crippen LogP contribution in [0.3, 0.4) is 0 Å². The molecule has 3 rings (SSSR count). The first-order valence-corrected chi connectivity index (χ1v) is 27.0. The van der Waals surface area contributed by atoms with Crippen LogP contribution < -0.4 is 20.1 Å². The summed E-state index contributed by atoms with van der Waals surface area (Å²) in [6.07, 6.45) is 22.3. The number of ether oxygens (including phenoxy) is 3. The standard InChI is InChI=1S/C56H87N4O7P/c1-47(2)60(48(3)4)68(67-45-29-41-57)66-44-28-21-17-13-9-10-14-18-25-32-54(61)59-46-55(62)58-42-26-19-15-11-7-8-12-16-20-27-43-65-56(49-30-23-22-24-31-49,50-33-37-52(63-5)38-34-50)51-35-39-53(64-6)40-36-51/h22-24,30-31,33-40,47-48H,7-21,25-29,32,42-46H2,1-6H3,(H,58,62)(H,59,61). The van der Waals surface area contributed by atoms with Gasteiger partial charge in [-0.3, -0.25) is 9.59 Å². The van der Waals surface area contributed by atoms with Crippen LogP contribution in [-0.4, -0.2) is 75.7 Å². The van der Waals surface area contributed by atoms with Crippen molar-refractivity contribution in [2.45, 2.75) is 180 Å². The first kappa shape index (κ1) is 58.3. The lowest BCUT2D eigenvalue weighted by atomic mass is 9.80. The molecule has 0 fully saturated rings. The van der Waals surface area contributed by atoms with Gasteiger partial charge in [0.25, 0.3) is 8.53 Å². The molecule has 0 aliphatic rings. The molecule has 0 bridgehead atoms. The van der Waals surface area contributed by atoms with Crippen molar-refractivity contribution in [3.8, 4) is 17.6 Å². The molecular formula is C56H87N4O7P. The second-order valence-electron chi connectivity index (χ2n) is 18.3. The Morgan fingerprint density at radius 2 is 1.00 bits per heavy atom. The third-order valence-electron chi connectivity index (χ3n) is 12.2. The number of nitriles is 1. The zero-order valence-electron chi connectivity index (χ0n) is 42.7. The van der Waals surface area contributed by atoms with Crippen molar-refractivity contribution in [2.24, 2.45) is 0 Å². The summed E-state index contributed by atoms with van der Waals surface area (Å²) >= 11 is 0. The van der Waals surface area contributed by atoms with Gasteiger partial charge in [0.05, 0.1) is 46.5 Å². The first-order valence-electron chi connectivity index (χ1n) is 25.9. The molecule has 1 atom stereocenters. The molecule has 0 saturated carbocycles. The number of hydrogen-bond acceptors (Lipinski definition) is 9. The van der Waals surface area contributed by atoms with Crippen LogP contribution in [0.4, 0.5) is 0 Å². The van der Waals surface area contributed by atoms with E-state index in [9.17, 15) is 9.59 Å². The maximum absolute atomic E-state index is 12.3. The lowest BCUT2D eigenvalue weighted by molar-refractivity contribution is -0.126. The fourth-order valence-electron chi connectivity index (χ4n) is 8.58. The van der Waals surface area contributed by atoms with Gasteiger partial charge in [-0.25, -0.2) is 4.67 Å². The molecular weight excluding hydrogens is 872 g/mol. The highest BCUT2D eigenvalue weighted by molar-refractivity contribution is 7.44. The predicted octanol–water partition coefficient (Wildman–Crippen LogP) is 13.3. The summed E-state index contributed by atoms with van der Waals surface area (Å²) in [4.78, 5) is 24.6. The number of benzene rings is 3. The Kier molecular flexibility index (Phi) is 30.8. The number of nitrogens with one attached hydrogen (secondary N) is 2. The second kappa shape index (κ2) is 36.0. The van der Waals surface area contributed by atoms with Crippen LogP contribution in [-0.2, 0) is 29.0 Å². The molecule has 0 saturated heterocycles. The Morgan fingerprint density at radius 3 is 1.49 bits per heavy atom. The third kappa shape index (κ3) is 22.6. The normalized spacial score (nSPS) is 12.1.